The van der Waals surface area contributed by atoms with Gasteiger partial charge in [-0.05, 0) is 67.5 Å². The molecule has 42 heavy (non-hydrogen) atoms. The average Bonchev–Trinajstić information content (AvgIpc) is 2.90. The van der Waals surface area contributed by atoms with Crippen LogP contribution >= 0.6 is 0 Å². The monoisotopic (exact) mass is 614 g/mol. The molecule has 0 bridgehead atoms. The van der Waals surface area contributed by atoms with Crippen molar-refractivity contribution in [1.82, 2.24) is 0 Å². The Hall–Kier alpha value is -2.31. The van der Waals surface area contributed by atoms with Crippen molar-refractivity contribution in [2.45, 2.75) is 115 Å². The van der Waals surface area contributed by atoms with Gasteiger partial charge >= 0.3 is 11.9 Å². The highest BCUT2D eigenvalue weighted by molar-refractivity contribution is 6.74. The molecule has 1 saturated heterocycles. The fraction of sp³-hybridized carbons (Fsp3) is 0.576. The second kappa shape index (κ2) is 13.1. The zero-order chi connectivity index (χ0) is 31.5. The molecule has 7 nitrogen and oxygen atoms in total. The van der Waals surface area contributed by atoms with E-state index >= 15 is 0 Å². The smallest absolute Gasteiger partial charge is 0.338 e. The van der Waals surface area contributed by atoms with E-state index < -0.39 is 59.1 Å². The van der Waals surface area contributed by atoms with Gasteiger partial charge in [-0.1, -0.05) is 77.9 Å². The quantitative estimate of drug-likeness (QED) is 0.212. The lowest BCUT2D eigenvalue weighted by atomic mass is 9.95. The maximum atomic E-state index is 13.5. The van der Waals surface area contributed by atoms with Gasteiger partial charge in [0.25, 0.3) is 0 Å². The molecule has 3 rings (SSSR count). The normalized spacial score (nSPS) is 23.7. The van der Waals surface area contributed by atoms with E-state index in [9.17, 15) is 9.59 Å². The molecule has 0 radical (unpaired) electrons. The lowest BCUT2D eigenvalue weighted by Gasteiger charge is -2.49. The van der Waals surface area contributed by atoms with Crippen LogP contribution in [0.1, 0.15) is 69.2 Å². The van der Waals surface area contributed by atoms with Crippen LogP contribution in [0.15, 0.2) is 60.7 Å². The van der Waals surface area contributed by atoms with Gasteiger partial charge in [0.05, 0.1) is 23.8 Å². The van der Waals surface area contributed by atoms with Crippen LogP contribution in [-0.4, -0.2) is 65.7 Å². The van der Waals surface area contributed by atoms with Crippen molar-refractivity contribution in [1.29, 1.82) is 0 Å². The van der Waals surface area contributed by atoms with E-state index in [1.165, 1.54) is 0 Å². The molecule has 0 aromatic heterocycles. The Morgan fingerprint density at radius 3 is 1.55 bits per heavy atom. The second-order valence-electron chi connectivity index (χ2n) is 14.3. The van der Waals surface area contributed by atoms with Crippen molar-refractivity contribution in [2.75, 3.05) is 6.61 Å². The highest BCUT2D eigenvalue weighted by Gasteiger charge is 2.53. The lowest BCUT2D eigenvalue weighted by molar-refractivity contribution is -0.219. The summed E-state index contributed by atoms with van der Waals surface area (Å²) in [5, 5.41) is -0.169. The van der Waals surface area contributed by atoms with E-state index in [4.69, 9.17) is 23.1 Å². The second-order valence-corrected chi connectivity index (χ2v) is 23.8. The van der Waals surface area contributed by atoms with Crippen LogP contribution in [0.25, 0.3) is 0 Å². The van der Waals surface area contributed by atoms with E-state index in [1.54, 1.807) is 48.5 Å². The third-order valence-electron chi connectivity index (χ3n) is 9.02. The van der Waals surface area contributed by atoms with Gasteiger partial charge in [-0.15, -0.1) is 0 Å². The van der Waals surface area contributed by atoms with E-state index in [2.05, 4.69) is 67.7 Å². The first-order valence-corrected chi connectivity index (χ1v) is 20.6. The first-order valence-electron chi connectivity index (χ1n) is 14.8. The molecule has 0 saturated carbocycles. The van der Waals surface area contributed by atoms with Crippen LogP contribution < -0.4 is 0 Å². The molecule has 0 aliphatic carbocycles. The Kier molecular flexibility index (Phi) is 10.7. The van der Waals surface area contributed by atoms with Crippen molar-refractivity contribution in [2.24, 2.45) is 0 Å². The fourth-order valence-corrected chi connectivity index (χ4v) is 6.54. The molecular weight excluding hydrogens is 565 g/mol. The van der Waals surface area contributed by atoms with Gasteiger partial charge in [0.1, 0.15) is 12.2 Å². The number of carbonyl (C=O) groups excluding carboxylic acids is 2. The standard InChI is InChI=1S/C33H50O7Si2/c1-23-27(38-30(34)24-18-14-12-15-19-24)29(40-42(10,11)33(5,6)7)28(39-31(35)25-20-16-13-17-21-25)26(37-23)22-36-41(8,9)32(2,3)4/h12-21,23,26-29H,22H2,1-11H3/t23-,26?,27?,28-,29?/m0/s1. The minimum Gasteiger partial charge on any atom is -0.453 e. The summed E-state index contributed by atoms with van der Waals surface area (Å²) in [4.78, 5) is 26.8. The van der Waals surface area contributed by atoms with Gasteiger partial charge in [0, 0.05) is 0 Å². The maximum absolute atomic E-state index is 13.5. The number of rotatable bonds is 9. The molecule has 0 amide bonds. The van der Waals surface area contributed by atoms with Crippen molar-refractivity contribution in [3.05, 3.63) is 71.8 Å². The van der Waals surface area contributed by atoms with Crippen LogP contribution in [0.4, 0.5) is 0 Å². The number of esters is 2. The minimum absolute atomic E-state index is 0.0196. The molecule has 2 aromatic carbocycles. The predicted octanol–water partition coefficient (Wildman–Crippen LogP) is 7.64. The van der Waals surface area contributed by atoms with E-state index in [-0.39, 0.29) is 16.7 Å². The van der Waals surface area contributed by atoms with Gasteiger partial charge in [0.15, 0.2) is 28.8 Å². The predicted molar refractivity (Wildman–Crippen MR) is 171 cm³/mol. The van der Waals surface area contributed by atoms with Gasteiger partial charge in [-0.3, -0.25) is 0 Å². The van der Waals surface area contributed by atoms with Gasteiger partial charge in [0.2, 0.25) is 0 Å². The Labute approximate surface area is 254 Å². The van der Waals surface area contributed by atoms with E-state index in [0.29, 0.717) is 11.1 Å². The first kappa shape index (κ1) is 34.2. The van der Waals surface area contributed by atoms with Gasteiger partial charge in [-0.2, -0.15) is 0 Å². The van der Waals surface area contributed by atoms with Crippen LogP contribution in [-0.2, 0) is 23.1 Å². The molecule has 0 N–H and O–H groups in total. The fourth-order valence-electron chi connectivity index (χ4n) is 4.23. The van der Waals surface area contributed by atoms with Crippen LogP contribution in [0.5, 0.6) is 0 Å². The molecule has 1 fully saturated rings. The van der Waals surface area contributed by atoms with Crippen molar-refractivity contribution < 1.29 is 32.7 Å². The van der Waals surface area contributed by atoms with E-state index in [1.807, 2.05) is 19.1 Å². The van der Waals surface area contributed by atoms with Crippen molar-refractivity contribution in [3.8, 4) is 0 Å². The zero-order valence-corrected chi connectivity index (χ0v) is 29.2. The third kappa shape index (κ3) is 8.20. The van der Waals surface area contributed by atoms with Crippen LogP contribution in [0.3, 0.4) is 0 Å². The average molecular weight is 615 g/mol. The molecule has 5 atom stereocenters. The molecule has 1 aliphatic rings. The number of ether oxygens (including phenoxy) is 3. The highest BCUT2D eigenvalue weighted by Crippen LogP contribution is 2.42. The third-order valence-corrected chi connectivity index (χ3v) is 18.0. The van der Waals surface area contributed by atoms with Crippen LogP contribution in [0, 0.1) is 0 Å². The SMILES string of the molecule is C[C@@H]1OC(CO[Si](C)(C)C(C)(C)C)[C@H](OC(=O)c2ccccc2)C(O[Si](C)(C)C(C)(C)C)C1OC(=O)c1ccccc1. The van der Waals surface area contributed by atoms with Gasteiger partial charge in [-0.25, -0.2) is 9.59 Å². The summed E-state index contributed by atoms with van der Waals surface area (Å²) < 4.78 is 32.5. The summed E-state index contributed by atoms with van der Waals surface area (Å²) in [7, 11) is -4.62. The lowest BCUT2D eigenvalue weighted by Crippen LogP contribution is -2.64. The summed E-state index contributed by atoms with van der Waals surface area (Å²) in [6.07, 6.45) is -3.61. The Bertz CT molecular complexity index is 1190. The summed E-state index contributed by atoms with van der Waals surface area (Å²) in [5.41, 5.74) is 0.848. The number of carbonyl (C=O) groups is 2. The number of hydrogen-bond donors (Lipinski definition) is 0. The summed E-state index contributed by atoms with van der Waals surface area (Å²) in [6.45, 7) is 23.7. The molecule has 2 aromatic rings. The molecule has 232 valence electrons. The van der Waals surface area contributed by atoms with Crippen molar-refractivity contribution >= 4 is 28.6 Å². The highest BCUT2D eigenvalue weighted by atomic mass is 28.4. The topological polar surface area (TPSA) is 80.3 Å². The zero-order valence-electron chi connectivity index (χ0n) is 27.2. The van der Waals surface area contributed by atoms with Crippen LogP contribution in [0.2, 0.25) is 36.3 Å². The number of hydrogen-bond acceptors (Lipinski definition) is 7. The Morgan fingerprint density at radius 2 is 1.12 bits per heavy atom. The minimum atomic E-state index is -2.46. The molecule has 0 spiro atoms. The Morgan fingerprint density at radius 1 is 0.690 bits per heavy atom. The largest absolute Gasteiger partial charge is 0.453 e. The molecule has 9 heteroatoms. The molecule has 1 aliphatic heterocycles. The van der Waals surface area contributed by atoms with E-state index in [0.717, 1.165) is 0 Å². The Balaban J connectivity index is 2.05. The summed E-state index contributed by atoms with van der Waals surface area (Å²) in [5.74, 6) is -0.975. The maximum Gasteiger partial charge on any atom is 0.338 e. The first-order chi connectivity index (χ1) is 19.3. The van der Waals surface area contributed by atoms with Gasteiger partial charge < -0.3 is 23.1 Å². The molecule has 1 heterocycles. The molecular formula is C33H50O7Si2. The summed E-state index contributed by atoms with van der Waals surface area (Å²) in [6, 6.07) is 17.7. The number of benzene rings is 2. The van der Waals surface area contributed by atoms with Crippen molar-refractivity contribution in [3.63, 3.8) is 0 Å². The summed E-state index contributed by atoms with van der Waals surface area (Å²) >= 11 is 0. The molecule has 3 unspecified atom stereocenters.